The maximum Gasteiger partial charge on any atom is 0.261 e. The molecule has 2 N–H and O–H groups in total. The standard InChI is InChI=1S/C20H20N2O4S/c1-12(14-7-6-13(25-2)11-17(14)26-3)21-19(23)15-8-9-16(22-20(15)24)18-5-4-10-27-18/h4-12H,1-3H3,(H,21,23)(H,22,24)/t12-/m1/s1. The SMILES string of the molecule is COc1ccc([C@@H](C)NC(=O)c2ccc(-c3cccs3)[nH]c2=O)c(OC)c1. The Morgan fingerprint density at radius 1 is 1.15 bits per heavy atom. The molecule has 0 saturated carbocycles. The molecule has 0 unspecified atom stereocenters. The largest absolute Gasteiger partial charge is 0.497 e. The molecule has 0 aliphatic rings. The summed E-state index contributed by atoms with van der Waals surface area (Å²) in [5.74, 6) is 0.818. The van der Waals surface area contributed by atoms with Crippen molar-refractivity contribution in [3.8, 4) is 22.1 Å². The van der Waals surface area contributed by atoms with Crippen molar-refractivity contribution in [2.24, 2.45) is 0 Å². The van der Waals surface area contributed by atoms with Crippen LogP contribution in [-0.4, -0.2) is 25.1 Å². The highest BCUT2D eigenvalue weighted by molar-refractivity contribution is 7.13. The van der Waals surface area contributed by atoms with Crippen LogP contribution in [0.2, 0.25) is 0 Å². The first-order valence-electron chi connectivity index (χ1n) is 8.33. The molecule has 2 aromatic heterocycles. The number of rotatable bonds is 6. The van der Waals surface area contributed by atoms with E-state index in [2.05, 4.69) is 10.3 Å². The van der Waals surface area contributed by atoms with Gasteiger partial charge in [-0.15, -0.1) is 11.3 Å². The highest BCUT2D eigenvalue weighted by atomic mass is 32.1. The van der Waals surface area contributed by atoms with Crippen molar-refractivity contribution in [2.75, 3.05) is 14.2 Å². The molecule has 1 amide bonds. The van der Waals surface area contributed by atoms with Gasteiger partial charge in [0.15, 0.2) is 0 Å². The number of methoxy groups -OCH3 is 2. The number of ether oxygens (including phenoxy) is 2. The average Bonchev–Trinajstić information content (AvgIpc) is 3.21. The van der Waals surface area contributed by atoms with Gasteiger partial charge in [0, 0.05) is 11.6 Å². The quantitative estimate of drug-likeness (QED) is 0.680. The Kier molecular flexibility index (Phi) is 5.61. The number of carbonyl (C=O) groups excluding carboxylic acids is 1. The van der Waals surface area contributed by atoms with Crippen LogP contribution in [0.3, 0.4) is 0 Å². The van der Waals surface area contributed by atoms with E-state index >= 15 is 0 Å². The molecule has 7 heteroatoms. The highest BCUT2D eigenvalue weighted by Gasteiger charge is 2.18. The Hall–Kier alpha value is -3.06. The van der Waals surface area contributed by atoms with E-state index in [-0.39, 0.29) is 11.6 Å². The molecule has 1 aromatic carbocycles. The van der Waals surface area contributed by atoms with E-state index in [0.717, 1.165) is 10.4 Å². The molecule has 27 heavy (non-hydrogen) atoms. The number of H-pyrrole nitrogens is 1. The summed E-state index contributed by atoms with van der Waals surface area (Å²) in [7, 11) is 3.13. The summed E-state index contributed by atoms with van der Waals surface area (Å²) >= 11 is 1.52. The van der Waals surface area contributed by atoms with E-state index in [1.54, 1.807) is 38.5 Å². The Balaban J connectivity index is 1.80. The third kappa shape index (κ3) is 4.03. The van der Waals surface area contributed by atoms with Gasteiger partial charge in [0.25, 0.3) is 11.5 Å². The Morgan fingerprint density at radius 2 is 1.96 bits per heavy atom. The topological polar surface area (TPSA) is 80.4 Å². The third-order valence-electron chi connectivity index (χ3n) is 4.20. The zero-order valence-corrected chi connectivity index (χ0v) is 16.1. The minimum Gasteiger partial charge on any atom is -0.497 e. The molecule has 1 atom stereocenters. The molecule has 2 heterocycles. The molecule has 0 aliphatic heterocycles. The van der Waals surface area contributed by atoms with Crippen LogP contribution in [0, 0.1) is 0 Å². The Morgan fingerprint density at radius 3 is 2.59 bits per heavy atom. The van der Waals surface area contributed by atoms with Gasteiger partial charge in [0.2, 0.25) is 0 Å². The van der Waals surface area contributed by atoms with Crippen molar-refractivity contribution in [1.82, 2.24) is 10.3 Å². The van der Waals surface area contributed by atoms with Crippen LogP contribution in [0.1, 0.15) is 28.9 Å². The number of amides is 1. The number of hydrogen-bond acceptors (Lipinski definition) is 5. The molecule has 0 fully saturated rings. The average molecular weight is 384 g/mol. The molecule has 140 valence electrons. The van der Waals surface area contributed by atoms with Crippen molar-refractivity contribution in [1.29, 1.82) is 0 Å². The summed E-state index contributed by atoms with van der Waals surface area (Å²) in [6.07, 6.45) is 0. The van der Waals surface area contributed by atoms with E-state index < -0.39 is 11.5 Å². The monoisotopic (exact) mass is 384 g/mol. The maximum absolute atomic E-state index is 12.6. The smallest absolute Gasteiger partial charge is 0.261 e. The lowest BCUT2D eigenvalue weighted by molar-refractivity contribution is 0.0938. The van der Waals surface area contributed by atoms with Gasteiger partial charge in [-0.05, 0) is 42.6 Å². The van der Waals surface area contributed by atoms with Gasteiger partial charge in [0.05, 0.1) is 30.8 Å². The van der Waals surface area contributed by atoms with Crippen LogP contribution in [-0.2, 0) is 0 Å². The fourth-order valence-corrected chi connectivity index (χ4v) is 3.46. The van der Waals surface area contributed by atoms with Crippen molar-refractivity contribution in [3.63, 3.8) is 0 Å². The van der Waals surface area contributed by atoms with Gasteiger partial charge in [-0.1, -0.05) is 6.07 Å². The summed E-state index contributed by atoms with van der Waals surface area (Å²) < 4.78 is 10.6. The summed E-state index contributed by atoms with van der Waals surface area (Å²) in [6.45, 7) is 1.83. The fourth-order valence-electron chi connectivity index (χ4n) is 2.76. The molecule has 0 saturated heterocycles. The molecule has 0 bridgehead atoms. The summed E-state index contributed by atoms with van der Waals surface area (Å²) in [5, 5.41) is 4.77. The van der Waals surface area contributed by atoms with Crippen LogP contribution in [0.4, 0.5) is 0 Å². The van der Waals surface area contributed by atoms with Gasteiger partial charge < -0.3 is 19.8 Å². The first kappa shape index (κ1) is 18.7. The molecule has 6 nitrogen and oxygen atoms in total. The van der Waals surface area contributed by atoms with Gasteiger partial charge >= 0.3 is 0 Å². The zero-order chi connectivity index (χ0) is 19.4. The lowest BCUT2D eigenvalue weighted by atomic mass is 10.1. The van der Waals surface area contributed by atoms with Crippen LogP contribution >= 0.6 is 11.3 Å². The zero-order valence-electron chi connectivity index (χ0n) is 15.2. The van der Waals surface area contributed by atoms with Crippen LogP contribution in [0.25, 0.3) is 10.6 Å². The second kappa shape index (κ2) is 8.09. The minimum absolute atomic E-state index is 0.0645. The van der Waals surface area contributed by atoms with E-state index in [1.165, 1.54) is 11.3 Å². The number of thiophene rings is 1. The second-order valence-corrected chi connectivity index (χ2v) is 6.84. The van der Waals surface area contributed by atoms with Crippen LogP contribution in [0.15, 0.2) is 52.6 Å². The van der Waals surface area contributed by atoms with Crippen LogP contribution in [0.5, 0.6) is 11.5 Å². The number of carbonyl (C=O) groups is 1. The predicted octanol–water partition coefficient (Wildman–Crippen LogP) is 3.61. The number of nitrogens with one attached hydrogen (secondary N) is 2. The third-order valence-corrected chi connectivity index (χ3v) is 5.10. The first-order chi connectivity index (χ1) is 13.0. The van der Waals surface area contributed by atoms with Gasteiger partial charge in [0.1, 0.15) is 17.1 Å². The van der Waals surface area contributed by atoms with Crippen molar-refractivity contribution in [2.45, 2.75) is 13.0 Å². The number of benzene rings is 1. The van der Waals surface area contributed by atoms with Crippen molar-refractivity contribution >= 4 is 17.2 Å². The second-order valence-electron chi connectivity index (χ2n) is 5.90. The fraction of sp³-hybridized carbons (Fsp3) is 0.200. The summed E-state index contributed by atoms with van der Waals surface area (Å²) in [6, 6.07) is 12.1. The molecule has 0 aliphatic carbocycles. The number of hydrogen-bond donors (Lipinski definition) is 2. The molecular formula is C20H20N2O4S. The number of pyridine rings is 1. The van der Waals surface area contributed by atoms with Gasteiger partial charge in [-0.25, -0.2) is 0 Å². The van der Waals surface area contributed by atoms with Gasteiger partial charge in [-0.2, -0.15) is 0 Å². The van der Waals surface area contributed by atoms with E-state index in [4.69, 9.17) is 9.47 Å². The molecular weight excluding hydrogens is 364 g/mol. The number of aromatic nitrogens is 1. The van der Waals surface area contributed by atoms with Gasteiger partial charge in [-0.3, -0.25) is 9.59 Å². The molecule has 0 radical (unpaired) electrons. The van der Waals surface area contributed by atoms with E-state index in [0.29, 0.717) is 17.2 Å². The van der Waals surface area contributed by atoms with Crippen molar-refractivity contribution in [3.05, 3.63) is 69.3 Å². The Labute approximate surface area is 160 Å². The van der Waals surface area contributed by atoms with Crippen LogP contribution < -0.4 is 20.3 Å². The van der Waals surface area contributed by atoms with E-state index in [1.807, 2.05) is 30.5 Å². The maximum atomic E-state index is 12.6. The predicted molar refractivity (Wildman–Crippen MR) is 106 cm³/mol. The molecule has 3 aromatic rings. The summed E-state index contributed by atoms with van der Waals surface area (Å²) in [4.78, 5) is 28.6. The summed E-state index contributed by atoms with van der Waals surface area (Å²) in [5.41, 5.74) is 1.12. The van der Waals surface area contributed by atoms with Crippen molar-refractivity contribution < 1.29 is 14.3 Å². The Bertz CT molecular complexity index is 995. The minimum atomic E-state index is -0.445. The van der Waals surface area contributed by atoms with E-state index in [9.17, 15) is 9.59 Å². The molecule has 0 spiro atoms. The lowest BCUT2D eigenvalue weighted by Crippen LogP contribution is -2.31. The molecule has 3 rings (SSSR count). The first-order valence-corrected chi connectivity index (χ1v) is 9.21. The number of aromatic amines is 1. The lowest BCUT2D eigenvalue weighted by Gasteiger charge is -2.18. The highest BCUT2D eigenvalue weighted by Crippen LogP contribution is 2.29. The normalized spacial score (nSPS) is 11.7.